The third-order valence-corrected chi connectivity index (χ3v) is 8.72. The van der Waals surface area contributed by atoms with Gasteiger partial charge in [0.15, 0.2) is 0 Å². The highest BCUT2D eigenvalue weighted by Gasteiger charge is 2.40. The van der Waals surface area contributed by atoms with Gasteiger partial charge in [0, 0.05) is 29.3 Å². The van der Waals surface area contributed by atoms with Crippen molar-refractivity contribution < 1.29 is 13.2 Å². The van der Waals surface area contributed by atoms with Gasteiger partial charge in [-0.3, -0.25) is 0 Å². The Kier molecular flexibility index (Phi) is 6.69. The fraction of sp³-hybridized carbons (Fsp3) is 0.125. The summed E-state index contributed by atoms with van der Waals surface area (Å²) in [5, 5.41) is 9.70. The van der Waals surface area contributed by atoms with E-state index in [2.05, 4.69) is 0 Å². The molecule has 4 aromatic carbocycles. The molecule has 0 saturated heterocycles. The second-order valence-corrected chi connectivity index (χ2v) is 11.4. The van der Waals surface area contributed by atoms with E-state index in [1.807, 2.05) is 98.0 Å². The lowest BCUT2D eigenvalue weighted by Gasteiger charge is -2.23. The number of para-hydroxylation sites is 2. The summed E-state index contributed by atoms with van der Waals surface area (Å²) in [5.41, 5.74) is 5.60. The first-order valence-electron chi connectivity index (χ1n) is 13.0. The highest BCUT2D eigenvalue weighted by atomic mass is 32.2. The molecular weight excluding hydrogens is 520 g/mol. The predicted molar refractivity (Wildman–Crippen MR) is 156 cm³/mol. The van der Waals surface area contributed by atoms with E-state index in [1.165, 1.54) is 4.41 Å². The molecule has 0 bridgehead atoms. The Balaban J connectivity index is 1.54. The monoisotopic (exact) mass is 548 g/mol. The summed E-state index contributed by atoms with van der Waals surface area (Å²) in [4.78, 5) is 0.185. The van der Waals surface area contributed by atoms with E-state index >= 15 is 0 Å². The zero-order valence-corrected chi connectivity index (χ0v) is 23.0. The molecule has 1 aliphatic rings. The number of hydrogen-bond donors (Lipinski definition) is 0. The summed E-state index contributed by atoms with van der Waals surface area (Å²) in [5.74, 6) is 0.637. The van der Waals surface area contributed by atoms with E-state index in [0.717, 1.165) is 27.9 Å². The number of aryl methyl sites for hydroxylation is 1. The molecule has 8 heteroatoms. The second-order valence-electron chi connectivity index (χ2n) is 9.64. The third kappa shape index (κ3) is 4.67. The first-order chi connectivity index (χ1) is 19.5. The van der Waals surface area contributed by atoms with Crippen LogP contribution < -0.4 is 4.74 Å². The van der Waals surface area contributed by atoms with Crippen LogP contribution in [0.3, 0.4) is 0 Å². The minimum absolute atomic E-state index is 0.185. The highest BCUT2D eigenvalue weighted by molar-refractivity contribution is 7.89. The Morgan fingerprint density at radius 3 is 2.17 bits per heavy atom. The number of rotatable bonds is 7. The van der Waals surface area contributed by atoms with Crippen molar-refractivity contribution in [2.24, 2.45) is 5.10 Å². The third-order valence-electron chi connectivity index (χ3n) is 7.03. The van der Waals surface area contributed by atoms with Gasteiger partial charge in [-0.15, -0.1) is 0 Å². The maximum Gasteiger partial charge on any atom is 0.279 e. The molecule has 2 heterocycles. The van der Waals surface area contributed by atoms with Gasteiger partial charge in [-0.1, -0.05) is 78.4 Å². The quantitative estimate of drug-likeness (QED) is 0.236. The Morgan fingerprint density at radius 1 is 0.825 bits per heavy atom. The maximum absolute atomic E-state index is 14.1. The SMILES string of the molecule is COc1ccccc1C1=NN(S(=O)(=O)c2ccc(C)cc2)C(c2cn(-c3ccccc3)nc2-c2ccccc2)C1. The van der Waals surface area contributed by atoms with Crippen LogP contribution in [0, 0.1) is 6.92 Å². The van der Waals surface area contributed by atoms with Crippen molar-refractivity contribution in [1.82, 2.24) is 14.2 Å². The van der Waals surface area contributed by atoms with Crippen molar-refractivity contribution in [1.29, 1.82) is 0 Å². The number of hydrazone groups is 1. The summed E-state index contributed by atoms with van der Waals surface area (Å²) in [6, 6.07) is 33.4. The smallest absolute Gasteiger partial charge is 0.279 e. The van der Waals surface area contributed by atoms with Crippen LogP contribution in [0.25, 0.3) is 16.9 Å². The number of aromatic nitrogens is 2. The molecule has 0 radical (unpaired) electrons. The minimum atomic E-state index is -4.00. The summed E-state index contributed by atoms with van der Waals surface area (Å²) in [6.07, 6.45) is 2.27. The van der Waals surface area contributed by atoms with Gasteiger partial charge in [0.05, 0.1) is 35.1 Å². The molecular formula is C32H28N4O3S. The number of methoxy groups -OCH3 is 1. The van der Waals surface area contributed by atoms with Crippen molar-refractivity contribution in [2.45, 2.75) is 24.3 Å². The zero-order valence-electron chi connectivity index (χ0n) is 22.2. The van der Waals surface area contributed by atoms with E-state index in [4.69, 9.17) is 14.9 Å². The van der Waals surface area contributed by atoms with Crippen molar-refractivity contribution >= 4 is 15.7 Å². The van der Waals surface area contributed by atoms with Gasteiger partial charge in [0.2, 0.25) is 0 Å². The van der Waals surface area contributed by atoms with E-state index in [9.17, 15) is 8.42 Å². The van der Waals surface area contributed by atoms with Crippen LogP contribution in [0.5, 0.6) is 5.75 Å². The highest BCUT2D eigenvalue weighted by Crippen LogP contribution is 2.42. The fourth-order valence-electron chi connectivity index (χ4n) is 4.97. The molecule has 0 N–H and O–H groups in total. The zero-order chi connectivity index (χ0) is 27.7. The molecule has 200 valence electrons. The van der Waals surface area contributed by atoms with E-state index in [-0.39, 0.29) is 4.90 Å². The average molecular weight is 549 g/mol. The van der Waals surface area contributed by atoms with Gasteiger partial charge in [-0.2, -0.15) is 23.0 Å². The second kappa shape index (κ2) is 10.5. The van der Waals surface area contributed by atoms with Gasteiger partial charge < -0.3 is 4.74 Å². The molecule has 1 aliphatic heterocycles. The normalized spacial score (nSPS) is 15.2. The predicted octanol–water partition coefficient (Wildman–Crippen LogP) is 6.40. The van der Waals surface area contributed by atoms with E-state index < -0.39 is 16.1 Å². The molecule has 6 rings (SSSR count). The number of benzene rings is 4. The van der Waals surface area contributed by atoms with Crippen LogP contribution in [0.2, 0.25) is 0 Å². The molecule has 1 unspecified atom stereocenters. The van der Waals surface area contributed by atoms with Gasteiger partial charge in [-0.25, -0.2) is 4.68 Å². The minimum Gasteiger partial charge on any atom is -0.496 e. The number of nitrogens with zero attached hydrogens (tertiary/aromatic N) is 4. The lowest BCUT2D eigenvalue weighted by molar-refractivity contribution is 0.372. The molecule has 0 amide bonds. The number of ether oxygens (including phenoxy) is 1. The van der Waals surface area contributed by atoms with Crippen molar-refractivity contribution in [3.8, 4) is 22.7 Å². The largest absolute Gasteiger partial charge is 0.496 e. The van der Waals surface area contributed by atoms with Gasteiger partial charge >= 0.3 is 0 Å². The summed E-state index contributed by atoms with van der Waals surface area (Å²) >= 11 is 0. The van der Waals surface area contributed by atoms with Gasteiger partial charge in [0.25, 0.3) is 10.0 Å². The van der Waals surface area contributed by atoms with Crippen molar-refractivity contribution in [2.75, 3.05) is 7.11 Å². The van der Waals surface area contributed by atoms with E-state index in [0.29, 0.717) is 23.6 Å². The standard InChI is InChI=1S/C32H28N4O3S/c1-23-17-19-26(20-18-23)40(37,38)36-30(21-29(33-36)27-15-9-10-16-31(27)39-2)28-22-35(25-13-7-4-8-14-25)34-32(28)24-11-5-3-6-12-24/h3-20,22,30H,21H2,1-2H3. The average Bonchev–Trinajstić information content (AvgIpc) is 3.64. The first-order valence-corrected chi connectivity index (χ1v) is 14.4. The summed E-state index contributed by atoms with van der Waals surface area (Å²) in [7, 11) is -2.40. The lowest BCUT2D eigenvalue weighted by atomic mass is 9.97. The van der Waals surface area contributed by atoms with E-state index in [1.54, 1.807) is 36.1 Å². The molecule has 0 aliphatic carbocycles. The molecule has 0 spiro atoms. The molecule has 1 atom stereocenters. The van der Waals surface area contributed by atoms with Crippen molar-refractivity contribution in [3.05, 3.63) is 132 Å². The molecule has 0 saturated carbocycles. The Labute approximate surface area is 234 Å². The number of hydrogen-bond acceptors (Lipinski definition) is 5. The topological polar surface area (TPSA) is 76.8 Å². The van der Waals surface area contributed by atoms with Crippen LogP contribution in [0.4, 0.5) is 0 Å². The fourth-order valence-corrected chi connectivity index (χ4v) is 6.40. The van der Waals surface area contributed by atoms with Crippen LogP contribution in [-0.2, 0) is 10.0 Å². The Bertz CT molecular complexity index is 1780. The summed E-state index contributed by atoms with van der Waals surface area (Å²) in [6.45, 7) is 1.93. The molecule has 1 aromatic heterocycles. The van der Waals surface area contributed by atoms with Crippen LogP contribution in [-0.4, -0.2) is 35.4 Å². The van der Waals surface area contributed by atoms with Crippen LogP contribution >= 0.6 is 0 Å². The molecule has 0 fully saturated rings. The molecule has 5 aromatic rings. The molecule has 7 nitrogen and oxygen atoms in total. The van der Waals surface area contributed by atoms with Crippen LogP contribution in [0.15, 0.2) is 125 Å². The lowest BCUT2D eigenvalue weighted by Crippen LogP contribution is -2.27. The van der Waals surface area contributed by atoms with Gasteiger partial charge in [0.1, 0.15) is 5.75 Å². The molecule has 40 heavy (non-hydrogen) atoms. The Morgan fingerprint density at radius 2 is 1.48 bits per heavy atom. The first kappa shape index (κ1) is 25.6. The summed E-state index contributed by atoms with van der Waals surface area (Å²) < 4.78 is 36.9. The van der Waals surface area contributed by atoms with Gasteiger partial charge in [-0.05, 0) is 43.3 Å². The van der Waals surface area contributed by atoms with Crippen LogP contribution in [0.1, 0.15) is 29.2 Å². The van der Waals surface area contributed by atoms with Crippen molar-refractivity contribution in [3.63, 3.8) is 0 Å². The number of sulfonamides is 1. The maximum atomic E-state index is 14.1. The Hall–Kier alpha value is -4.69.